The SMILES string of the molecule is O=CN1CCC(C2C=C(O)N=C(N3CCCCC3)N2)CC1. The average Bonchev–Trinajstić information content (AvgIpc) is 2.55. The van der Waals surface area contributed by atoms with E-state index < -0.39 is 0 Å². The van der Waals surface area contributed by atoms with Crippen LogP contribution in [0.25, 0.3) is 0 Å². The lowest BCUT2D eigenvalue weighted by Gasteiger charge is -2.38. The highest BCUT2D eigenvalue weighted by Crippen LogP contribution is 2.24. The average molecular weight is 292 g/mol. The van der Waals surface area contributed by atoms with E-state index in [1.165, 1.54) is 19.3 Å². The number of hydrogen-bond acceptors (Lipinski definition) is 5. The number of likely N-dealkylation sites (tertiary alicyclic amines) is 2. The highest BCUT2D eigenvalue weighted by Gasteiger charge is 2.29. The molecule has 0 aromatic carbocycles. The first kappa shape index (κ1) is 14.2. The molecule has 2 N–H and O–H groups in total. The van der Waals surface area contributed by atoms with E-state index in [0.29, 0.717) is 5.92 Å². The second kappa shape index (κ2) is 6.37. The number of nitrogens with zero attached hydrogens (tertiary/aromatic N) is 3. The summed E-state index contributed by atoms with van der Waals surface area (Å²) in [5.74, 6) is 1.38. The minimum Gasteiger partial charge on any atom is -0.493 e. The van der Waals surface area contributed by atoms with Crippen LogP contribution in [-0.4, -0.2) is 59.5 Å². The van der Waals surface area contributed by atoms with Crippen molar-refractivity contribution in [1.82, 2.24) is 15.1 Å². The molecule has 116 valence electrons. The third-order valence-corrected chi connectivity index (χ3v) is 4.73. The molecule has 1 unspecified atom stereocenters. The van der Waals surface area contributed by atoms with Gasteiger partial charge in [-0.15, -0.1) is 0 Å². The summed E-state index contributed by atoms with van der Waals surface area (Å²) in [6, 6.07) is 0.119. The van der Waals surface area contributed by atoms with Crippen LogP contribution >= 0.6 is 0 Å². The second-order valence-electron chi connectivity index (χ2n) is 6.16. The number of hydrogen-bond donors (Lipinski definition) is 2. The summed E-state index contributed by atoms with van der Waals surface area (Å²) in [6.45, 7) is 3.62. The predicted octanol–water partition coefficient (Wildman–Crippen LogP) is 1.07. The van der Waals surface area contributed by atoms with Crippen molar-refractivity contribution in [3.05, 3.63) is 12.0 Å². The summed E-state index contributed by atoms with van der Waals surface area (Å²) in [6.07, 6.45) is 8.33. The number of carbonyl (C=O) groups excluding carboxylic acids is 1. The van der Waals surface area contributed by atoms with Gasteiger partial charge in [0.2, 0.25) is 18.3 Å². The van der Waals surface area contributed by atoms with Crippen molar-refractivity contribution in [2.75, 3.05) is 26.2 Å². The Labute approximate surface area is 125 Å². The topological polar surface area (TPSA) is 68.2 Å². The summed E-state index contributed by atoms with van der Waals surface area (Å²) < 4.78 is 0. The fourth-order valence-corrected chi connectivity index (χ4v) is 3.43. The molecule has 3 heterocycles. The molecular weight excluding hydrogens is 268 g/mol. The molecule has 6 heteroatoms. The molecule has 3 aliphatic heterocycles. The van der Waals surface area contributed by atoms with Crippen LogP contribution in [-0.2, 0) is 4.79 Å². The van der Waals surface area contributed by atoms with Gasteiger partial charge in [0.05, 0.1) is 6.04 Å². The van der Waals surface area contributed by atoms with Crippen molar-refractivity contribution in [3.63, 3.8) is 0 Å². The van der Waals surface area contributed by atoms with E-state index in [0.717, 1.165) is 51.4 Å². The number of aliphatic hydroxyl groups is 1. The number of aliphatic imine (C=N–C) groups is 1. The minimum atomic E-state index is 0.119. The molecule has 0 bridgehead atoms. The van der Waals surface area contributed by atoms with E-state index in [4.69, 9.17) is 0 Å². The van der Waals surface area contributed by atoms with Crippen LogP contribution in [0.5, 0.6) is 0 Å². The lowest BCUT2D eigenvalue weighted by Crippen LogP contribution is -2.52. The van der Waals surface area contributed by atoms with E-state index in [1.54, 1.807) is 0 Å². The molecule has 0 aliphatic carbocycles. The van der Waals surface area contributed by atoms with Crippen molar-refractivity contribution < 1.29 is 9.90 Å². The van der Waals surface area contributed by atoms with Gasteiger partial charge in [0.15, 0.2) is 0 Å². The molecule has 2 fully saturated rings. The zero-order valence-electron chi connectivity index (χ0n) is 12.4. The van der Waals surface area contributed by atoms with Gasteiger partial charge in [-0.05, 0) is 38.0 Å². The van der Waals surface area contributed by atoms with E-state index in [1.807, 2.05) is 11.0 Å². The van der Waals surface area contributed by atoms with Gasteiger partial charge >= 0.3 is 0 Å². The smallest absolute Gasteiger partial charge is 0.211 e. The normalized spacial score (nSPS) is 27.7. The number of amides is 1. The predicted molar refractivity (Wildman–Crippen MR) is 80.9 cm³/mol. The molecular formula is C15H24N4O2. The first-order valence-corrected chi connectivity index (χ1v) is 7.96. The number of aliphatic hydroxyl groups excluding tert-OH is 1. The van der Waals surface area contributed by atoms with Crippen LogP contribution in [0.15, 0.2) is 17.0 Å². The summed E-state index contributed by atoms with van der Waals surface area (Å²) >= 11 is 0. The Bertz CT molecular complexity index is 435. The van der Waals surface area contributed by atoms with E-state index in [-0.39, 0.29) is 11.9 Å². The highest BCUT2D eigenvalue weighted by molar-refractivity contribution is 5.82. The Balaban J connectivity index is 1.63. The lowest BCUT2D eigenvalue weighted by atomic mass is 9.89. The van der Waals surface area contributed by atoms with Gasteiger partial charge < -0.3 is 20.2 Å². The molecule has 2 saturated heterocycles. The highest BCUT2D eigenvalue weighted by atomic mass is 16.3. The van der Waals surface area contributed by atoms with Gasteiger partial charge in [0.1, 0.15) is 0 Å². The molecule has 1 atom stereocenters. The van der Waals surface area contributed by atoms with E-state index in [9.17, 15) is 9.90 Å². The Kier molecular flexibility index (Phi) is 4.31. The monoisotopic (exact) mass is 292 g/mol. The Morgan fingerprint density at radius 1 is 1.19 bits per heavy atom. The Morgan fingerprint density at radius 2 is 1.90 bits per heavy atom. The summed E-state index contributed by atoms with van der Waals surface area (Å²) in [4.78, 5) is 19.1. The van der Waals surface area contributed by atoms with Crippen molar-refractivity contribution >= 4 is 12.4 Å². The van der Waals surface area contributed by atoms with E-state index >= 15 is 0 Å². The number of guanidine groups is 1. The molecule has 21 heavy (non-hydrogen) atoms. The van der Waals surface area contributed by atoms with Crippen LogP contribution in [0.4, 0.5) is 0 Å². The van der Waals surface area contributed by atoms with Crippen LogP contribution in [0, 0.1) is 5.92 Å². The summed E-state index contributed by atoms with van der Waals surface area (Å²) in [5, 5.41) is 13.4. The van der Waals surface area contributed by atoms with Gasteiger partial charge in [-0.25, -0.2) is 0 Å². The van der Waals surface area contributed by atoms with Crippen molar-refractivity contribution in [2.45, 2.75) is 38.1 Å². The van der Waals surface area contributed by atoms with E-state index in [2.05, 4.69) is 15.2 Å². The Hall–Kier alpha value is -1.72. The third kappa shape index (κ3) is 3.31. The molecule has 0 aromatic rings. The lowest BCUT2D eigenvalue weighted by molar-refractivity contribution is -0.119. The Morgan fingerprint density at radius 3 is 2.57 bits per heavy atom. The van der Waals surface area contributed by atoms with Gasteiger partial charge in [-0.3, -0.25) is 4.79 Å². The largest absolute Gasteiger partial charge is 0.493 e. The maximum absolute atomic E-state index is 10.8. The zero-order chi connectivity index (χ0) is 14.7. The van der Waals surface area contributed by atoms with Gasteiger partial charge in [0, 0.05) is 32.3 Å². The van der Waals surface area contributed by atoms with Crippen molar-refractivity contribution in [1.29, 1.82) is 0 Å². The molecule has 0 spiro atoms. The van der Waals surface area contributed by atoms with Crippen LogP contribution in [0.3, 0.4) is 0 Å². The summed E-state index contributed by atoms with van der Waals surface area (Å²) in [7, 11) is 0. The third-order valence-electron chi connectivity index (χ3n) is 4.73. The van der Waals surface area contributed by atoms with Gasteiger partial charge in [-0.1, -0.05) is 0 Å². The molecule has 0 aromatic heterocycles. The molecule has 0 saturated carbocycles. The summed E-state index contributed by atoms with van der Waals surface area (Å²) in [5.41, 5.74) is 0. The zero-order valence-corrected chi connectivity index (χ0v) is 12.4. The number of piperidine rings is 2. The molecule has 3 rings (SSSR count). The van der Waals surface area contributed by atoms with Crippen molar-refractivity contribution in [3.8, 4) is 0 Å². The fourth-order valence-electron chi connectivity index (χ4n) is 3.43. The number of carbonyl (C=O) groups is 1. The van der Waals surface area contributed by atoms with Crippen molar-refractivity contribution in [2.24, 2.45) is 10.9 Å². The van der Waals surface area contributed by atoms with Crippen LogP contribution in [0.2, 0.25) is 0 Å². The first-order chi connectivity index (χ1) is 10.3. The van der Waals surface area contributed by atoms with Crippen LogP contribution in [0.1, 0.15) is 32.1 Å². The standard InChI is InChI=1S/C15H24N4O2/c20-11-18-8-4-12(5-9-18)13-10-14(21)17-15(16-13)19-6-2-1-3-7-19/h10-13,21H,1-9H2,(H,16,17). The fraction of sp³-hybridized carbons (Fsp3) is 0.733. The maximum Gasteiger partial charge on any atom is 0.211 e. The molecule has 1 amide bonds. The molecule has 6 nitrogen and oxygen atoms in total. The molecule has 3 aliphatic rings. The van der Waals surface area contributed by atoms with Crippen LogP contribution < -0.4 is 5.32 Å². The first-order valence-electron chi connectivity index (χ1n) is 7.96. The minimum absolute atomic E-state index is 0.119. The molecule has 0 radical (unpaired) electrons. The number of nitrogens with one attached hydrogen (secondary N) is 1. The second-order valence-corrected chi connectivity index (χ2v) is 6.16. The van der Waals surface area contributed by atoms with Gasteiger partial charge in [-0.2, -0.15) is 4.99 Å². The number of rotatable bonds is 2. The quantitative estimate of drug-likeness (QED) is 0.747. The van der Waals surface area contributed by atoms with Gasteiger partial charge in [0.25, 0.3) is 0 Å². The maximum atomic E-state index is 10.8.